The number of piperidine rings is 1. The van der Waals surface area contributed by atoms with Crippen LogP contribution in [0.2, 0.25) is 0 Å². The molecular formula is C15H26N2. The maximum absolute atomic E-state index is 2.66. The van der Waals surface area contributed by atoms with E-state index in [9.17, 15) is 0 Å². The lowest BCUT2D eigenvalue weighted by Crippen LogP contribution is -2.43. The highest BCUT2D eigenvalue weighted by atomic mass is 15.2. The van der Waals surface area contributed by atoms with E-state index < -0.39 is 0 Å². The van der Waals surface area contributed by atoms with Crippen LogP contribution < -0.4 is 0 Å². The Hall–Kier alpha value is -0.340. The molecule has 2 aliphatic carbocycles. The Morgan fingerprint density at radius 2 is 1.94 bits per heavy atom. The summed E-state index contributed by atoms with van der Waals surface area (Å²) in [5, 5.41) is 0. The Bertz CT molecular complexity index is 291. The van der Waals surface area contributed by atoms with E-state index in [1.54, 1.807) is 0 Å². The van der Waals surface area contributed by atoms with Gasteiger partial charge in [0, 0.05) is 12.6 Å². The van der Waals surface area contributed by atoms with Gasteiger partial charge in [-0.05, 0) is 70.6 Å². The van der Waals surface area contributed by atoms with Gasteiger partial charge in [0.05, 0.1) is 0 Å². The van der Waals surface area contributed by atoms with E-state index in [0.717, 1.165) is 23.8 Å². The highest BCUT2D eigenvalue weighted by Crippen LogP contribution is 2.43. The number of hydrogen-bond acceptors (Lipinski definition) is 2. The van der Waals surface area contributed by atoms with Gasteiger partial charge in [-0.2, -0.15) is 0 Å². The molecule has 2 heteroatoms. The standard InChI is InChI=1S/C15H26N2/c1-16-7-5-15(6-8-16)17(2)11-14-10-12-3-4-13(14)9-12/h3-4,12-15H,5-11H2,1-2H3/t12-,13-,14+/m0/s1. The monoisotopic (exact) mass is 234 g/mol. The van der Waals surface area contributed by atoms with Gasteiger partial charge in [0.25, 0.3) is 0 Å². The van der Waals surface area contributed by atoms with Crippen molar-refractivity contribution in [2.45, 2.75) is 31.7 Å². The van der Waals surface area contributed by atoms with Crippen LogP contribution in [0.3, 0.4) is 0 Å². The first-order valence-electron chi connectivity index (χ1n) is 7.29. The van der Waals surface area contributed by atoms with E-state index in [0.29, 0.717) is 0 Å². The minimum Gasteiger partial charge on any atom is -0.306 e. The molecule has 0 aromatic rings. The van der Waals surface area contributed by atoms with Crippen molar-refractivity contribution in [3.05, 3.63) is 12.2 Å². The molecule has 2 bridgehead atoms. The molecule has 17 heavy (non-hydrogen) atoms. The van der Waals surface area contributed by atoms with Gasteiger partial charge in [-0.3, -0.25) is 0 Å². The first-order valence-corrected chi connectivity index (χ1v) is 7.29. The van der Waals surface area contributed by atoms with E-state index in [1.807, 2.05) is 0 Å². The molecule has 0 spiro atoms. The number of allylic oxidation sites excluding steroid dienone is 2. The molecular weight excluding hydrogens is 208 g/mol. The number of likely N-dealkylation sites (tertiary alicyclic amines) is 1. The molecule has 0 radical (unpaired) electrons. The maximum Gasteiger partial charge on any atom is 0.0117 e. The summed E-state index contributed by atoms with van der Waals surface area (Å²) < 4.78 is 0. The van der Waals surface area contributed by atoms with Gasteiger partial charge in [0.2, 0.25) is 0 Å². The molecule has 0 amide bonds. The smallest absolute Gasteiger partial charge is 0.0117 e. The topological polar surface area (TPSA) is 6.48 Å². The second-order valence-electron chi connectivity index (χ2n) is 6.51. The first-order chi connectivity index (χ1) is 8.22. The van der Waals surface area contributed by atoms with E-state index in [1.165, 1.54) is 45.3 Å². The molecule has 2 fully saturated rings. The third kappa shape index (κ3) is 2.43. The average Bonchev–Trinajstić information content (AvgIpc) is 2.91. The first kappa shape index (κ1) is 11.7. The summed E-state index contributed by atoms with van der Waals surface area (Å²) in [7, 11) is 4.60. The minimum atomic E-state index is 0.842. The summed E-state index contributed by atoms with van der Waals surface area (Å²) >= 11 is 0. The van der Waals surface area contributed by atoms with Crippen LogP contribution in [-0.4, -0.2) is 49.6 Å². The molecule has 1 saturated heterocycles. The summed E-state index contributed by atoms with van der Waals surface area (Å²) in [6.07, 6.45) is 10.6. The van der Waals surface area contributed by atoms with Crippen LogP contribution in [0.4, 0.5) is 0 Å². The molecule has 3 rings (SSSR count). The van der Waals surface area contributed by atoms with Gasteiger partial charge in [-0.1, -0.05) is 12.2 Å². The molecule has 1 saturated carbocycles. The number of nitrogens with zero attached hydrogens (tertiary/aromatic N) is 2. The van der Waals surface area contributed by atoms with E-state index >= 15 is 0 Å². The van der Waals surface area contributed by atoms with Crippen LogP contribution in [0.15, 0.2) is 12.2 Å². The highest BCUT2D eigenvalue weighted by Gasteiger charge is 2.36. The van der Waals surface area contributed by atoms with Crippen molar-refractivity contribution < 1.29 is 0 Å². The van der Waals surface area contributed by atoms with E-state index in [4.69, 9.17) is 0 Å². The summed E-state index contributed by atoms with van der Waals surface area (Å²) in [4.78, 5) is 5.12. The fourth-order valence-electron chi connectivity index (χ4n) is 4.06. The van der Waals surface area contributed by atoms with Crippen molar-refractivity contribution in [2.75, 3.05) is 33.7 Å². The summed E-state index contributed by atoms with van der Waals surface area (Å²) in [6.45, 7) is 3.90. The normalized spacial score (nSPS) is 38.4. The van der Waals surface area contributed by atoms with Crippen LogP contribution in [0.5, 0.6) is 0 Å². The van der Waals surface area contributed by atoms with Crippen molar-refractivity contribution in [3.8, 4) is 0 Å². The van der Waals surface area contributed by atoms with Crippen LogP contribution in [-0.2, 0) is 0 Å². The molecule has 0 aromatic carbocycles. The Labute approximate surface area is 106 Å². The molecule has 2 nitrogen and oxygen atoms in total. The Kier molecular flexibility index (Phi) is 3.27. The summed E-state index contributed by atoms with van der Waals surface area (Å²) in [6, 6.07) is 0.842. The van der Waals surface area contributed by atoms with Crippen LogP contribution in [0, 0.1) is 17.8 Å². The number of rotatable bonds is 3. The third-order valence-corrected chi connectivity index (χ3v) is 5.25. The van der Waals surface area contributed by atoms with Gasteiger partial charge in [-0.25, -0.2) is 0 Å². The second kappa shape index (κ2) is 4.74. The molecule has 96 valence electrons. The fraction of sp³-hybridized carbons (Fsp3) is 0.867. The van der Waals surface area contributed by atoms with Gasteiger partial charge in [0.1, 0.15) is 0 Å². The van der Waals surface area contributed by atoms with Gasteiger partial charge >= 0.3 is 0 Å². The van der Waals surface area contributed by atoms with Gasteiger partial charge < -0.3 is 9.80 Å². The molecule has 1 aliphatic heterocycles. The molecule has 1 heterocycles. The van der Waals surface area contributed by atoms with Crippen LogP contribution in [0.1, 0.15) is 25.7 Å². The van der Waals surface area contributed by atoms with E-state index in [-0.39, 0.29) is 0 Å². The minimum absolute atomic E-state index is 0.842. The lowest BCUT2D eigenvalue weighted by molar-refractivity contribution is 0.124. The lowest BCUT2D eigenvalue weighted by atomic mass is 9.92. The second-order valence-corrected chi connectivity index (χ2v) is 6.51. The largest absolute Gasteiger partial charge is 0.306 e. The molecule has 0 unspecified atom stereocenters. The van der Waals surface area contributed by atoms with Crippen LogP contribution >= 0.6 is 0 Å². The van der Waals surface area contributed by atoms with Gasteiger partial charge in [-0.15, -0.1) is 0 Å². The van der Waals surface area contributed by atoms with Crippen molar-refractivity contribution in [1.29, 1.82) is 0 Å². The average molecular weight is 234 g/mol. The van der Waals surface area contributed by atoms with Gasteiger partial charge in [0.15, 0.2) is 0 Å². The van der Waals surface area contributed by atoms with E-state index in [2.05, 4.69) is 36.0 Å². The fourth-order valence-corrected chi connectivity index (χ4v) is 4.06. The number of hydrogen-bond donors (Lipinski definition) is 0. The quantitative estimate of drug-likeness (QED) is 0.691. The Balaban J connectivity index is 1.50. The molecule has 3 aliphatic rings. The lowest BCUT2D eigenvalue weighted by Gasteiger charge is -2.37. The predicted molar refractivity (Wildman–Crippen MR) is 72.0 cm³/mol. The molecule has 0 N–H and O–H groups in total. The van der Waals surface area contributed by atoms with Crippen LogP contribution in [0.25, 0.3) is 0 Å². The summed E-state index contributed by atoms with van der Waals surface area (Å²) in [5.74, 6) is 2.79. The highest BCUT2D eigenvalue weighted by molar-refractivity contribution is 5.10. The molecule has 0 aromatic heterocycles. The van der Waals surface area contributed by atoms with Crippen molar-refractivity contribution in [1.82, 2.24) is 9.80 Å². The van der Waals surface area contributed by atoms with Crippen molar-refractivity contribution in [2.24, 2.45) is 17.8 Å². The number of fused-ring (bicyclic) bond motifs is 2. The Morgan fingerprint density at radius 3 is 2.53 bits per heavy atom. The predicted octanol–water partition coefficient (Wildman–Crippen LogP) is 2.22. The zero-order chi connectivity index (χ0) is 11.8. The summed E-state index contributed by atoms with van der Waals surface area (Å²) in [5.41, 5.74) is 0. The zero-order valence-corrected chi connectivity index (χ0v) is 11.3. The SMILES string of the molecule is CN1CCC(N(C)C[C@H]2C[C@H]3C=C[C@H]2C3)CC1. The third-order valence-electron chi connectivity index (χ3n) is 5.25. The van der Waals surface area contributed by atoms with Crippen molar-refractivity contribution in [3.63, 3.8) is 0 Å². The Morgan fingerprint density at radius 1 is 1.18 bits per heavy atom. The zero-order valence-electron chi connectivity index (χ0n) is 11.3. The molecule has 3 atom stereocenters. The maximum atomic E-state index is 2.66. The van der Waals surface area contributed by atoms with Crippen molar-refractivity contribution >= 4 is 0 Å².